The van der Waals surface area contributed by atoms with Crippen LogP contribution < -0.4 is 4.90 Å². The fourth-order valence-corrected chi connectivity index (χ4v) is 4.77. The molecular weight excluding hydrogens is 475 g/mol. The first-order valence-electron chi connectivity index (χ1n) is 11.2. The Morgan fingerprint density at radius 2 is 1.83 bits per heavy atom. The Balaban J connectivity index is 1.51. The van der Waals surface area contributed by atoms with Crippen molar-refractivity contribution in [2.24, 2.45) is 13.0 Å². The highest BCUT2D eigenvalue weighted by atomic mass is 19.4. The predicted octanol–water partition coefficient (Wildman–Crippen LogP) is 4.27. The molecule has 2 aliphatic rings. The van der Waals surface area contributed by atoms with E-state index in [0.717, 1.165) is 12.8 Å². The Morgan fingerprint density at radius 3 is 2.54 bits per heavy atom. The number of aromatic nitrogens is 3. The number of rotatable bonds is 3. The molecular formula is C23H23F5N4O3. The number of halogens is 5. The summed E-state index contributed by atoms with van der Waals surface area (Å²) in [5.41, 5.74) is -2.12. The van der Waals surface area contributed by atoms with Crippen LogP contribution in [0, 0.1) is 17.6 Å². The normalized spacial score (nSPS) is 20.1. The topological polar surface area (TPSA) is 72.6 Å². The summed E-state index contributed by atoms with van der Waals surface area (Å²) in [5.74, 6) is -4.27. The molecule has 0 aliphatic carbocycles. The summed E-state index contributed by atoms with van der Waals surface area (Å²) in [6.07, 6.45) is -1.85. The molecule has 5 rings (SSSR count). The fourth-order valence-electron chi connectivity index (χ4n) is 4.77. The zero-order valence-corrected chi connectivity index (χ0v) is 18.8. The van der Waals surface area contributed by atoms with Gasteiger partial charge in [0, 0.05) is 56.6 Å². The standard InChI is InChI=1S/C23H23F5N4O3/c1-31-16-9-18(32-4-7-35-17(11-32)12-2-5-34-6-3-12)29-10-14(16)21(30-31)13-8-15(23(26,27)28)20(25)22(33)19(13)24/h8-10,12,17,33H,2-7,11H2,1H3. The van der Waals surface area contributed by atoms with Gasteiger partial charge in [-0.2, -0.15) is 18.3 Å². The number of ether oxygens (including phenoxy) is 2. The summed E-state index contributed by atoms with van der Waals surface area (Å²) in [6.45, 7) is 3.18. The van der Waals surface area contributed by atoms with Crippen molar-refractivity contribution < 1.29 is 36.5 Å². The molecule has 0 radical (unpaired) electrons. The van der Waals surface area contributed by atoms with E-state index in [4.69, 9.17) is 9.47 Å². The minimum Gasteiger partial charge on any atom is -0.503 e. The van der Waals surface area contributed by atoms with E-state index in [0.29, 0.717) is 56.2 Å². The minimum atomic E-state index is -5.13. The quantitative estimate of drug-likeness (QED) is 0.544. The molecule has 2 aliphatic heterocycles. The molecule has 0 bridgehead atoms. The Kier molecular flexibility index (Phi) is 6.04. The van der Waals surface area contributed by atoms with Crippen LogP contribution in [0.4, 0.5) is 27.8 Å². The molecule has 0 amide bonds. The number of benzene rings is 1. The van der Waals surface area contributed by atoms with Gasteiger partial charge in [0.25, 0.3) is 0 Å². The molecule has 1 N–H and O–H groups in total. The van der Waals surface area contributed by atoms with Crippen molar-refractivity contribution in [3.63, 3.8) is 0 Å². The molecule has 4 heterocycles. The van der Waals surface area contributed by atoms with Crippen LogP contribution in [-0.4, -0.2) is 58.9 Å². The second kappa shape index (κ2) is 8.90. The summed E-state index contributed by atoms with van der Waals surface area (Å²) in [5, 5.41) is 14.1. The van der Waals surface area contributed by atoms with Gasteiger partial charge in [0.15, 0.2) is 17.4 Å². The van der Waals surface area contributed by atoms with E-state index in [1.807, 2.05) is 0 Å². The average molecular weight is 498 g/mol. The zero-order chi connectivity index (χ0) is 24.9. The number of hydrogen-bond donors (Lipinski definition) is 1. The largest absolute Gasteiger partial charge is 0.503 e. The summed E-state index contributed by atoms with van der Waals surface area (Å²) in [6, 6.07) is 2.05. The molecule has 188 valence electrons. The second-order valence-electron chi connectivity index (χ2n) is 8.78. The van der Waals surface area contributed by atoms with Crippen LogP contribution in [0.15, 0.2) is 18.3 Å². The highest BCUT2D eigenvalue weighted by Crippen LogP contribution is 2.41. The molecule has 35 heavy (non-hydrogen) atoms. The molecule has 1 atom stereocenters. The molecule has 7 nitrogen and oxygen atoms in total. The van der Waals surface area contributed by atoms with Crippen LogP contribution >= 0.6 is 0 Å². The van der Waals surface area contributed by atoms with Crippen LogP contribution in [0.3, 0.4) is 0 Å². The smallest absolute Gasteiger partial charge is 0.419 e. The average Bonchev–Trinajstić information content (AvgIpc) is 3.18. The number of aryl methyl sites for hydroxylation is 1. The second-order valence-corrected chi connectivity index (χ2v) is 8.78. The predicted molar refractivity (Wildman–Crippen MR) is 116 cm³/mol. The van der Waals surface area contributed by atoms with E-state index in [2.05, 4.69) is 15.0 Å². The van der Waals surface area contributed by atoms with Gasteiger partial charge < -0.3 is 19.5 Å². The maximum absolute atomic E-state index is 14.7. The molecule has 1 unspecified atom stereocenters. The lowest BCUT2D eigenvalue weighted by atomic mass is 9.93. The van der Waals surface area contributed by atoms with Crippen molar-refractivity contribution in [1.82, 2.24) is 14.8 Å². The van der Waals surface area contributed by atoms with E-state index >= 15 is 0 Å². The Hall–Kier alpha value is -2.99. The highest BCUT2D eigenvalue weighted by molar-refractivity contribution is 5.94. The first kappa shape index (κ1) is 23.7. The number of anilines is 1. The van der Waals surface area contributed by atoms with Gasteiger partial charge in [0.2, 0.25) is 0 Å². The number of hydrogen-bond acceptors (Lipinski definition) is 6. The molecule has 1 aromatic carbocycles. The van der Waals surface area contributed by atoms with Gasteiger partial charge in [-0.1, -0.05) is 0 Å². The summed E-state index contributed by atoms with van der Waals surface area (Å²) < 4.78 is 81.2. The van der Waals surface area contributed by atoms with Gasteiger partial charge >= 0.3 is 6.18 Å². The summed E-state index contributed by atoms with van der Waals surface area (Å²) >= 11 is 0. The van der Waals surface area contributed by atoms with E-state index in [-0.39, 0.29) is 17.2 Å². The monoisotopic (exact) mass is 498 g/mol. The Labute approximate surface area is 197 Å². The maximum Gasteiger partial charge on any atom is 0.419 e. The van der Waals surface area contributed by atoms with Gasteiger partial charge in [-0.3, -0.25) is 4.68 Å². The molecule has 2 saturated heterocycles. The number of nitrogens with zero attached hydrogens (tertiary/aromatic N) is 4. The maximum atomic E-state index is 14.7. The molecule has 2 aromatic heterocycles. The third-order valence-electron chi connectivity index (χ3n) is 6.67. The van der Waals surface area contributed by atoms with Crippen LogP contribution in [-0.2, 0) is 22.7 Å². The van der Waals surface area contributed by atoms with Gasteiger partial charge in [-0.15, -0.1) is 0 Å². The number of alkyl halides is 3. The van der Waals surface area contributed by atoms with Crippen LogP contribution in [0.25, 0.3) is 22.2 Å². The SMILES string of the molecule is Cn1nc(-c2cc(C(F)(F)F)c(F)c(O)c2F)c2cnc(N3CCOC(C4CCOCC4)C3)cc21. The van der Waals surface area contributed by atoms with Gasteiger partial charge in [-0.05, 0) is 24.8 Å². The number of aromatic hydroxyl groups is 1. The van der Waals surface area contributed by atoms with Gasteiger partial charge in [0.05, 0.1) is 23.8 Å². The van der Waals surface area contributed by atoms with E-state index in [9.17, 15) is 27.1 Å². The summed E-state index contributed by atoms with van der Waals surface area (Å²) in [7, 11) is 1.56. The Morgan fingerprint density at radius 1 is 1.09 bits per heavy atom. The lowest BCUT2D eigenvalue weighted by molar-refractivity contribution is -0.140. The first-order chi connectivity index (χ1) is 16.6. The van der Waals surface area contributed by atoms with Crippen LogP contribution in [0.1, 0.15) is 18.4 Å². The van der Waals surface area contributed by atoms with Crippen molar-refractivity contribution in [2.75, 3.05) is 37.8 Å². The van der Waals surface area contributed by atoms with Crippen molar-refractivity contribution >= 4 is 16.7 Å². The lowest BCUT2D eigenvalue weighted by Crippen LogP contribution is -2.47. The zero-order valence-electron chi connectivity index (χ0n) is 18.8. The molecule has 2 fully saturated rings. The number of fused-ring (bicyclic) bond motifs is 1. The van der Waals surface area contributed by atoms with Crippen molar-refractivity contribution in [3.8, 4) is 17.0 Å². The number of phenolic OH excluding ortho intramolecular Hbond substituents is 1. The van der Waals surface area contributed by atoms with Crippen LogP contribution in [0.2, 0.25) is 0 Å². The van der Waals surface area contributed by atoms with Crippen molar-refractivity contribution in [3.05, 3.63) is 35.5 Å². The third-order valence-corrected chi connectivity index (χ3v) is 6.67. The number of phenols is 1. The highest BCUT2D eigenvalue weighted by Gasteiger charge is 2.38. The van der Waals surface area contributed by atoms with E-state index in [1.165, 1.54) is 10.9 Å². The van der Waals surface area contributed by atoms with Crippen LogP contribution in [0.5, 0.6) is 5.75 Å². The third kappa shape index (κ3) is 4.29. The van der Waals surface area contributed by atoms with Crippen molar-refractivity contribution in [1.29, 1.82) is 0 Å². The number of morpholine rings is 1. The minimum absolute atomic E-state index is 0.0318. The first-order valence-corrected chi connectivity index (χ1v) is 11.2. The molecule has 0 spiro atoms. The molecule has 0 saturated carbocycles. The fraction of sp³-hybridized carbons (Fsp3) is 0.478. The molecule has 3 aromatic rings. The van der Waals surface area contributed by atoms with Gasteiger partial charge in [-0.25, -0.2) is 13.8 Å². The van der Waals surface area contributed by atoms with Crippen molar-refractivity contribution in [2.45, 2.75) is 25.1 Å². The van der Waals surface area contributed by atoms with E-state index < -0.39 is 34.7 Å². The number of pyridine rings is 1. The van der Waals surface area contributed by atoms with Gasteiger partial charge in [0.1, 0.15) is 11.5 Å². The summed E-state index contributed by atoms with van der Waals surface area (Å²) in [4.78, 5) is 6.53. The Bertz CT molecular complexity index is 1260. The lowest BCUT2D eigenvalue weighted by Gasteiger charge is -2.38. The van der Waals surface area contributed by atoms with E-state index in [1.54, 1.807) is 13.1 Å². The molecule has 12 heteroatoms.